The van der Waals surface area contributed by atoms with Crippen molar-refractivity contribution in [2.75, 3.05) is 40.7 Å². The highest BCUT2D eigenvalue weighted by Crippen LogP contribution is 2.28. The van der Waals surface area contributed by atoms with Gasteiger partial charge in [-0.1, -0.05) is 24.3 Å². The number of hydrogen-bond donors (Lipinski definition) is 2. The number of carboxylic acid groups (broad SMARTS) is 1. The lowest BCUT2D eigenvalue weighted by Crippen LogP contribution is -2.46. The van der Waals surface area contributed by atoms with Crippen LogP contribution >= 0.6 is 37.2 Å². The van der Waals surface area contributed by atoms with Gasteiger partial charge in [-0.05, 0) is 73.5 Å². The number of pyridine rings is 1. The van der Waals surface area contributed by atoms with E-state index in [9.17, 15) is 18.3 Å². The van der Waals surface area contributed by atoms with Gasteiger partial charge in [-0.2, -0.15) is 0 Å². The minimum absolute atomic E-state index is 0. The molecule has 0 amide bonds. The molecule has 0 aliphatic carbocycles. The molecule has 0 radical (unpaired) electrons. The molecule has 40 heavy (non-hydrogen) atoms. The van der Waals surface area contributed by atoms with E-state index in [1.807, 2.05) is 32.0 Å². The Labute approximate surface area is 252 Å². The van der Waals surface area contributed by atoms with Crippen molar-refractivity contribution in [3.63, 3.8) is 0 Å². The van der Waals surface area contributed by atoms with Gasteiger partial charge < -0.3 is 14.9 Å². The van der Waals surface area contributed by atoms with Gasteiger partial charge in [-0.25, -0.2) is 18.2 Å². The molecule has 1 aliphatic heterocycles. The second-order valence-corrected chi connectivity index (χ2v) is 10.9. The average Bonchev–Trinajstić information content (AvgIpc) is 2.90. The van der Waals surface area contributed by atoms with Crippen LogP contribution in [0.3, 0.4) is 0 Å². The monoisotopic (exact) mass is 624 g/mol. The predicted octanol–water partition coefficient (Wildman–Crippen LogP) is 5.94. The van der Waals surface area contributed by atoms with Crippen molar-refractivity contribution in [2.24, 2.45) is 0 Å². The van der Waals surface area contributed by atoms with Crippen LogP contribution in [0, 0.1) is 13.8 Å². The molecule has 0 spiro atoms. The number of fused-ring (bicyclic) bond motifs is 1. The predicted molar refractivity (Wildman–Crippen MR) is 168 cm³/mol. The number of carboxylic acids is 1. The fourth-order valence-electron chi connectivity index (χ4n) is 4.54. The summed E-state index contributed by atoms with van der Waals surface area (Å²) < 4.78 is 28.5. The lowest BCUT2D eigenvalue weighted by atomic mass is 10.1. The number of rotatable bonds is 6. The lowest BCUT2D eigenvalue weighted by Gasteiger charge is -2.37. The first-order valence-electron chi connectivity index (χ1n) is 12.0. The number of hydrogen-bond acceptors (Lipinski definition) is 6. The Morgan fingerprint density at radius 3 is 2.10 bits per heavy atom. The molecule has 214 valence electrons. The number of piperazine rings is 1. The zero-order valence-electron chi connectivity index (χ0n) is 21.9. The van der Waals surface area contributed by atoms with E-state index in [-0.39, 0.29) is 53.4 Å². The van der Waals surface area contributed by atoms with Crippen molar-refractivity contribution < 1.29 is 18.3 Å². The van der Waals surface area contributed by atoms with Crippen LogP contribution in [0.4, 0.5) is 17.2 Å². The fourth-order valence-corrected chi connectivity index (χ4v) is 5.68. The number of aromatic carboxylic acids is 1. The first-order valence-corrected chi connectivity index (χ1v) is 13.5. The summed E-state index contributed by atoms with van der Waals surface area (Å²) in [6.07, 6.45) is 0. The third-order valence-corrected chi connectivity index (χ3v) is 8.17. The van der Waals surface area contributed by atoms with Gasteiger partial charge in [-0.3, -0.25) is 4.72 Å². The van der Waals surface area contributed by atoms with E-state index in [1.165, 1.54) is 6.07 Å². The minimum Gasteiger partial charge on any atom is -0.478 e. The van der Waals surface area contributed by atoms with Crippen molar-refractivity contribution in [1.29, 1.82) is 0 Å². The number of carbonyl (C=O) groups is 1. The standard InChI is InChI=1S/C28H28N4O4S.3ClH/c1-19-8-10-23(16-20(19)2)37(35,36)30-21-9-11-26-24(17-21)25(28(33)34)18-27(29-26)32-14-12-31(13-15-32)22-6-4-3-5-7-22;;;/h3-11,16-18,30H,12-15H2,1-2H3,(H,33,34);3*1H. The molecule has 1 saturated heterocycles. The Bertz CT molecular complexity index is 1600. The number of sulfonamides is 1. The van der Waals surface area contributed by atoms with E-state index in [4.69, 9.17) is 4.98 Å². The first kappa shape index (κ1) is 33.0. The topological polar surface area (TPSA) is 103 Å². The summed E-state index contributed by atoms with van der Waals surface area (Å²) in [5.74, 6) is -0.494. The summed E-state index contributed by atoms with van der Waals surface area (Å²) in [5.41, 5.74) is 3.89. The Hall–Kier alpha value is -3.24. The summed E-state index contributed by atoms with van der Waals surface area (Å²) in [4.78, 5) is 21.4. The number of anilines is 3. The summed E-state index contributed by atoms with van der Waals surface area (Å²) >= 11 is 0. The van der Waals surface area contributed by atoms with E-state index < -0.39 is 16.0 Å². The molecule has 1 fully saturated rings. The third-order valence-electron chi connectivity index (χ3n) is 6.79. The zero-order valence-corrected chi connectivity index (χ0v) is 25.2. The van der Waals surface area contributed by atoms with Crippen LogP contribution in [0.15, 0.2) is 77.7 Å². The molecule has 0 atom stereocenters. The van der Waals surface area contributed by atoms with Crippen LogP contribution in [-0.2, 0) is 10.0 Å². The van der Waals surface area contributed by atoms with Gasteiger partial charge in [0.1, 0.15) is 5.82 Å². The number of nitrogens with zero attached hydrogens (tertiary/aromatic N) is 3. The van der Waals surface area contributed by atoms with Crippen LogP contribution in [-0.4, -0.2) is 50.7 Å². The Morgan fingerprint density at radius 2 is 1.48 bits per heavy atom. The Balaban J connectivity index is 0.00000187. The zero-order chi connectivity index (χ0) is 26.2. The van der Waals surface area contributed by atoms with Crippen LogP contribution < -0.4 is 14.5 Å². The maximum atomic E-state index is 13.0. The van der Waals surface area contributed by atoms with Crippen molar-refractivity contribution in [3.05, 3.63) is 89.5 Å². The molecule has 5 rings (SSSR count). The van der Waals surface area contributed by atoms with Gasteiger partial charge in [0.2, 0.25) is 0 Å². The molecule has 2 heterocycles. The Kier molecular flexibility index (Phi) is 11.1. The highest BCUT2D eigenvalue weighted by atomic mass is 35.5. The van der Waals surface area contributed by atoms with Gasteiger partial charge >= 0.3 is 5.97 Å². The van der Waals surface area contributed by atoms with Gasteiger partial charge in [0, 0.05) is 42.9 Å². The number of aromatic nitrogens is 1. The molecule has 1 aromatic heterocycles. The fraction of sp³-hybridized carbons (Fsp3) is 0.214. The summed E-state index contributed by atoms with van der Waals surface area (Å²) in [6, 6.07) is 21.5. The van der Waals surface area contributed by atoms with Gasteiger partial charge in [-0.15, -0.1) is 37.2 Å². The van der Waals surface area contributed by atoms with E-state index in [2.05, 4.69) is 26.7 Å². The number of nitrogens with one attached hydrogen (secondary N) is 1. The molecule has 0 saturated carbocycles. The van der Waals surface area contributed by atoms with Crippen LogP contribution in [0.5, 0.6) is 0 Å². The van der Waals surface area contributed by atoms with E-state index >= 15 is 0 Å². The minimum atomic E-state index is -3.84. The molecular formula is C28H31Cl3N4O4S. The van der Waals surface area contributed by atoms with E-state index in [1.54, 1.807) is 36.4 Å². The molecule has 2 N–H and O–H groups in total. The highest BCUT2D eigenvalue weighted by Gasteiger charge is 2.22. The van der Waals surface area contributed by atoms with Gasteiger partial charge in [0.05, 0.1) is 16.0 Å². The van der Waals surface area contributed by atoms with Gasteiger partial charge in [0.25, 0.3) is 10.0 Å². The van der Waals surface area contributed by atoms with Crippen molar-refractivity contribution >= 4 is 81.3 Å². The molecule has 0 unspecified atom stereocenters. The van der Waals surface area contributed by atoms with Crippen molar-refractivity contribution in [3.8, 4) is 0 Å². The second-order valence-electron chi connectivity index (χ2n) is 9.23. The number of benzene rings is 3. The largest absolute Gasteiger partial charge is 0.478 e. The SMILES string of the molecule is Cc1ccc(S(=O)(=O)Nc2ccc3nc(N4CCN(c5ccccc5)CC4)cc(C(=O)O)c3c2)cc1C.Cl.Cl.Cl. The maximum absolute atomic E-state index is 13.0. The maximum Gasteiger partial charge on any atom is 0.336 e. The Morgan fingerprint density at radius 1 is 0.825 bits per heavy atom. The molecule has 12 heteroatoms. The second kappa shape index (κ2) is 13.4. The number of aryl methyl sites for hydroxylation is 2. The average molecular weight is 626 g/mol. The van der Waals surface area contributed by atoms with Crippen molar-refractivity contribution in [2.45, 2.75) is 18.7 Å². The first-order chi connectivity index (χ1) is 17.7. The molecule has 1 aliphatic rings. The smallest absolute Gasteiger partial charge is 0.336 e. The lowest BCUT2D eigenvalue weighted by molar-refractivity contribution is 0.0699. The third kappa shape index (κ3) is 6.90. The van der Waals surface area contributed by atoms with Crippen LogP contribution in [0.25, 0.3) is 10.9 Å². The summed E-state index contributed by atoms with van der Waals surface area (Å²) in [7, 11) is -3.84. The number of halogens is 3. The molecule has 8 nitrogen and oxygen atoms in total. The summed E-state index contributed by atoms with van der Waals surface area (Å²) in [6.45, 7) is 6.78. The van der Waals surface area contributed by atoms with Gasteiger partial charge in [0.15, 0.2) is 0 Å². The van der Waals surface area contributed by atoms with E-state index in [0.29, 0.717) is 29.8 Å². The molecule has 4 aromatic rings. The molecule has 0 bridgehead atoms. The van der Waals surface area contributed by atoms with E-state index in [0.717, 1.165) is 29.9 Å². The number of para-hydroxylation sites is 1. The van der Waals surface area contributed by atoms with Crippen LogP contribution in [0.2, 0.25) is 0 Å². The molecular weight excluding hydrogens is 595 g/mol. The van der Waals surface area contributed by atoms with Crippen molar-refractivity contribution in [1.82, 2.24) is 4.98 Å². The highest BCUT2D eigenvalue weighted by molar-refractivity contribution is 7.92. The summed E-state index contributed by atoms with van der Waals surface area (Å²) in [5, 5.41) is 10.3. The normalized spacial score (nSPS) is 13.1. The quantitative estimate of drug-likeness (QED) is 0.273. The van der Waals surface area contributed by atoms with Crippen LogP contribution in [0.1, 0.15) is 21.5 Å². The molecule has 3 aromatic carbocycles.